The van der Waals surface area contributed by atoms with Crippen LogP contribution in [0.5, 0.6) is 0 Å². The Morgan fingerprint density at radius 2 is 2.07 bits per heavy atom. The molecule has 0 aliphatic carbocycles. The van der Waals surface area contributed by atoms with Crippen LogP contribution in [0.2, 0.25) is 0 Å². The lowest BCUT2D eigenvalue weighted by molar-refractivity contribution is -0.121. The largest absolute Gasteiger partial charge is 0.369 e. The molecule has 2 heterocycles. The van der Waals surface area contributed by atoms with Crippen LogP contribution in [0.4, 0.5) is 0 Å². The van der Waals surface area contributed by atoms with Crippen molar-refractivity contribution in [1.29, 1.82) is 0 Å². The number of nitrogens with one attached hydrogen (secondary N) is 1. The summed E-state index contributed by atoms with van der Waals surface area (Å²) in [7, 11) is -2.79. The van der Waals surface area contributed by atoms with Crippen LogP contribution in [0.15, 0.2) is 0 Å². The molecule has 0 aromatic heterocycles. The van der Waals surface area contributed by atoms with E-state index in [0.717, 1.165) is 19.5 Å². The standard InChI is InChI=1S/C10H19NO3S/c1-2-9-7-11-8-10(14-9)3-5-15(12,13)6-4-10/h9,11H,2-8H2,1H3. The van der Waals surface area contributed by atoms with Crippen LogP contribution in [0.3, 0.4) is 0 Å². The Bertz CT molecular complexity index is 312. The lowest BCUT2D eigenvalue weighted by Gasteiger charge is -2.43. The minimum Gasteiger partial charge on any atom is -0.369 e. The van der Waals surface area contributed by atoms with E-state index in [2.05, 4.69) is 12.2 Å². The molecule has 0 bridgehead atoms. The van der Waals surface area contributed by atoms with Crippen LogP contribution in [-0.4, -0.2) is 44.7 Å². The monoisotopic (exact) mass is 233 g/mol. The first kappa shape index (κ1) is 11.4. The van der Waals surface area contributed by atoms with E-state index in [0.29, 0.717) is 12.8 Å². The molecule has 2 aliphatic heterocycles. The highest BCUT2D eigenvalue weighted by Crippen LogP contribution is 2.30. The first-order valence-corrected chi connectivity index (χ1v) is 7.46. The van der Waals surface area contributed by atoms with Gasteiger partial charge in [-0.2, -0.15) is 0 Å². The van der Waals surface area contributed by atoms with Crippen molar-refractivity contribution in [3.8, 4) is 0 Å². The number of morpholine rings is 1. The zero-order valence-corrected chi connectivity index (χ0v) is 9.98. The molecule has 2 aliphatic rings. The molecule has 1 atom stereocenters. The second kappa shape index (κ2) is 4.03. The van der Waals surface area contributed by atoms with E-state index in [-0.39, 0.29) is 23.2 Å². The second-order valence-electron chi connectivity index (χ2n) is 4.61. The Labute approximate surface area is 91.3 Å². The van der Waals surface area contributed by atoms with Gasteiger partial charge in [-0.3, -0.25) is 0 Å². The number of sulfone groups is 1. The van der Waals surface area contributed by atoms with Gasteiger partial charge in [0, 0.05) is 13.1 Å². The van der Waals surface area contributed by atoms with Crippen LogP contribution in [0.1, 0.15) is 26.2 Å². The van der Waals surface area contributed by atoms with Gasteiger partial charge in [-0.1, -0.05) is 6.92 Å². The van der Waals surface area contributed by atoms with Crippen molar-refractivity contribution in [2.45, 2.75) is 37.9 Å². The summed E-state index contributed by atoms with van der Waals surface area (Å²) in [6, 6.07) is 0. The first-order valence-electron chi connectivity index (χ1n) is 5.64. The first-order chi connectivity index (χ1) is 7.05. The minimum absolute atomic E-state index is 0.204. The predicted molar refractivity (Wildman–Crippen MR) is 58.7 cm³/mol. The normalized spacial score (nSPS) is 34.1. The summed E-state index contributed by atoms with van der Waals surface area (Å²) in [5.41, 5.74) is -0.204. The fraction of sp³-hybridized carbons (Fsp3) is 1.00. The lowest BCUT2D eigenvalue weighted by Crippen LogP contribution is -2.56. The third-order valence-corrected chi connectivity index (χ3v) is 5.08. The molecule has 0 radical (unpaired) electrons. The van der Waals surface area contributed by atoms with Gasteiger partial charge in [0.25, 0.3) is 0 Å². The molecule has 88 valence electrons. The third-order valence-electron chi connectivity index (χ3n) is 3.43. The Kier molecular flexibility index (Phi) is 3.05. The van der Waals surface area contributed by atoms with E-state index in [1.807, 2.05) is 0 Å². The van der Waals surface area contributed by atoms with Gasteiger partial charge in [0.05, 0.1) is 23.2 Å². The topological polar surface area (TPSA) is 55.4 Å². The third kappa shape index (κ3) is 2.52. The molecular formula is C10H19NO3S. The van der Waals surface area contributed by atoms with Gasteiger partial charge < -0.3 is 10.1 Å². The summed E-state index contributed by atoms with van der Waals surface area (Å²) in [5.74, 6) is 0.566. The predicted octanol–water partition coefficient (Wildman–Crippen LogP) is 0.332. The Morgan fingerprint density at radius 1 is 1.40 bits per heavy atom. The van der Waals surface area contributed by atoms with Crippen molar-refractivity contribution in [2.75, 3.05) is 24.6 Å². The van der Waals surface area contributed by atoms with Gasteiger partial charge in [0.2, 0.25) is 0 Å². The molecule has 2 rings (SSSR count). The smallest absolute Gasteiger partial charge is 0.150 e. The zero-order valence-electron chi connectivity index (χ0n) is 9.16. The van der Waals surface area contributed by atoms with E-state index < -0.39 is 9.84 Å². The Morgan fingerprint density at radius 3 is 2.67 bits per heavy atom. The summed E-state index contributed by atoms with van der Waals surface area (Å²) in [5, 5.41) is 3.35. The highest BCUT2D eigenvalue weighted by molar-refractivity contribution is 7.91. The number of rotatable bonds is 1. The molecule has 0 saturated carbocycles. The van der Waals surface area contributed by atoms with Crippen molar-refractivity contribution in [3.63, 3.8) is 0 Å². The maximum absolute atomic E-state index is 11.4. The summed E-state index contributed by atoms with van der Waals surface area (Å²) in [6.07, 6.45) is 2.54. The van der Waals surface area contributed by atoms with Gasteiger partial charge in [0.1, 0.15) is 0 Å². The van der Waals surface area contributed by atoms with E-state index in [4.69, 9.17) is 4.74 Å². The molecule has 5 heteroatoms. The zero-order chi connectivity index (χ0) is 10.9. The number of hydrogen-bond acceptors (Lipinski definition) is 4. The molecular weight excluding hydrogens is 214 g/mol. The molecule has 2 saturated heterocycles. The molecule has 0 aromatic carbocycles. The number of hydrogen-bond donors (Lipinski definition) is 1. The molecule has 4 nitrogen and oxygen atoms in total. The average Bonchev–Trinajstić information content (AvgIpc) is 2.24. The fourth-order valence-electron chi connectivity index (χ4n) is 2.33. The van der Waals surface area contributed by atoms with E-state index in [1.54, 1.807) is 0 Å². The molecule has 1 N–H and O–H groups in total. The van der Waals surface area contributed by atoms with E-state index in [9.17, 15) is 8.42 Å². The highest BCUT2D eigenvalue weighted by atomic mass is 32.2. The van der Waals surface area contributed by atoms with Gasteiger partial charge in [-0.25, -0.2) is 8.42 Å². The van der Waals surface area contributed by atoms with Crippen LogP contribution in [0.25, 0.3) is 0 Å². The molecule has 15 heavy (non-hydrogen) atoms. The molecule has 0 amide bonds. The van der Waals surface area contributed by atoms with E-state index >= 15 is 0 Å². The van der Waals surface area contributed by atoms with Crippen molar-refractivity contribution in [3.05, 3.63) is 0 Å². The number of ether oxygens (including phenoxy) is 1. The van der Waals surface area contributed by atoms with Crippen LogP contribution >= 0.6 is 0 Å². The van der Waals surface area contributed by atoms with Crippen LogP contribution in [0, 0.1) is 0 Å². The maximum atomic E-state index is 11.4. The van der Waals surface area contributed by atoms with Gasteiger partial charge in [0.15, 0.2) is 9.84 Å². The lowest BCUT2D eigenvalue weighted by atomic mass is 9.94. The SMILES string of the molecule is CCC1CNCC2(CCS(=O)(=O)CC2)O1. The highest BCUT2D eigenvalue weighted by Gasteiger charge is 2.41. The molecule has 1 unspecified atom stereocenters. The van der Waals surface area contributed by atoms with Crippen LogP contribution < -0.4 is 5.32 Å². The molecule has 0 aromatic rings. The Balaban J connectivity index is 2.02. The van der Waals surface area contributed by atoms with E-state index in [1.165, 1.54) is 0 Å². The summed E-state index contributed by atoms with van der Waals surface area (Å²) in [4.78, 5) is 0. The van der Waals surface area contributed by atoms with Gasteiger partial charge >= 0.3 is 0 Å². The van der Waals surface area contributed by atoms with Crippen molar-refractivity contribution >= 4 is 9.84 Å². The van der Waals surface area contributed by atoms with Crippen molar-refractivity contribution in [1.82, 2.24) is 5.32 Å². The van der Waals surface area contributed by atoms with Gasteiger partial charge in [-0.15, -0.1) is 0 Å². The summed E-state index contributed by atoms with van der Waals surface area (Å²) in [6.45, 7) is 3.80. The minimum atomic E-state index is -2.79. The fourth-order valence-corrected chi connectivity index (χ4v) is 3.90. The molecule has 1 spiro atoms. The van der Waals surface area contributed by atoms with Crippen molar-refractivity contribution in [2.24, 2.45) is 0 Å². The average molecular weight is 233 g/mol. The Hall–Kier alpha value is -0.130. The molecule has 2 fully saturated rings. The summed E-state index contributed by atoms with van der Waals surface area (Å²) < 4.78 is 28.7. The quantitative estimate of drug-likeness (QED) is 0.709. The van der Waals surface area contributed by atoms with Crippen molar-refractivity contribution < 1.29 is 13.2 Å². The van der Waals surface area contributed by atoms with Crippen LogP contribution in [-0.2, 0) is 14.6 Å². The second-order valence-corrected chi connectivity index (χ2v) is 6.92. The summed E-state index contributed by atoms with van der Waals surface area (Å²) >= 11 is 0. The van der Waals surface area contributed by atoms with Gasteiger partial charge in [-0.05, 0) is 19.3 Å². The maximum Gasteiger partial charge on any atom is 0.150 e.